The van der Waals surface area contributed by atoms with Crippen molar-refractivity contribution in [3.63, 3.8) is 0 Å². The zero-order valence-electron chi connectivity index (χ0n) is 12.5. The van der Waals surface area contributed by atoms with Crippen LogP contribution in [0.5, 0.6) is 0 Å². The maximum atomic E-state index is 11.1. The Hall–Kier alpha value is -1.75. The minimum Gasteiger partial charge on any atom is -0.397 e. The summed E-state index contributed by atoms with van der Waals surface area (Å²) in [6.45, 7) is 10.6. The van der Waals surface area contributed by atoms with Crippen molar-refractivity contribution in [1.82, 2.24) is 4.90 Å². The fourth-order valence-corrected chi connectivity index (χ4v) is 2.61. The zero-order chi connectivity index (χ0) is 14.9. The van der Waals surface area contributed by atoms with E-state index in [2.05, 4.69) is 30.6 Å². The van der Waals surface area contributed by atoms with Crippen molar-refractivity contribution in [2.75, 3.05) is 36.8 Å². The van der Waals surface area contributed by atoms with Gasteiger partial charge in [-0.05, 0) is 39.0 Å². The topological polar surface area (TPSA) is 75.6 Å². The van der Waals surface area contributed by atoms with Gasteiger partial charge in [0.25, 0.3) is 0 Å². The summed E-state index contributed by atoms with van der Waals surface area (Å²) in [6, 6.07) is 5.29. The van der Waals surface area contributed by atoms with Gasteiger partial charge in [0, 0.05) is 37.3 Å². The molecule has 0 radical (unpaired) electrons. The highest BCUT2D eigenvalue weighted by atomic mass is 16.1. The zero-order valence-corrected chi connectivity index (χ0v) is 12.5. The molecule has 110 valence electrons. The van der Waals surface area contributed by atoms with Gasteiger partial charge in [-0.3, -0.25) is 9.69 Å². The molecule has 1 fully saturated rings. The number of primary amides is 1. The van der Waals surface area contributed by atoms with E-state index in [-0.39, 0.29) is 5.54 Å². The van der Waals surface area contributed by atoms with E-state index in [4.69, 9.17) is 11.5 Å². The molecule has 1 aromatic rings. The molecule has 1 heterocycles. The summed E-state index contributed by atoms with van der Waals surface area (Å²) in [7, 11) is 0. The molecule has 2 rings (SSSR count). The lowest BCUT2D eigenvalue weighted by Crippen LogP contribution is -2.53. The van der Waals surface area contributed by atoms with Crippen LogP contribution in [0.3, 0.4) is 0 Å². The number of nitrogen functional groups attached to an aromatic ring is 1. The molecule has 0 saturated carbocycles. The predicted octanol–water partition coefficient (Wildman–Crippen LogP) is 1.29. The van der Waals surface area contributed by atoms with E-state index in [1.165, 1.54) is 0 Å². The number of piperazine rings is 1. The van der Waals surface area contributed by atoms with Crippen LogP contribution in [-0.4, -0.2) is 42.5 Å². The van der Waals surface area contributed by atoms with Gasteiger partial charge < -0.3 is 16.4 Å². The lowest BCUT2D eigenvalue weighted by molar-refractivity contribution is 0.1000. The first kappa shape index (κ1) is 14.7. The quantitative estimate of drug-likeness (QED) is 0.798. The molecular weight excluding hydrogens is 252 g/mol. The van der Waals surface area contributed by atoms with Gasteiger partial charge in [0.05, 0.1) is 11.4 Å². The number of carbonyl (C=O) groups is 1. The maximum Gasteiger partial charge on any atom is 0.248 e. The Morgan fingerprint density at radius 1 is 1.15 bits per heavy atom. The Bertz CT molecular complexity index is 499. The van der Waals surface area contributed by atoms with Gasteiger partial charge in [0.1, 0.15) is 0 Å². The first-order chi connectivity index (χ1) is 9.29. The van der Waals surface area contributed by atoms with Crippen molar-refractivity contribution >= 4 is 17.3 Å². The van der Waals surface area contributed by atoms with E-state index < -0.39 is 5.91 Å². The summed E-state index contributed by atoms with van der Waals surface area (Å²) in [5.41, 5.74) is 13.6. The normalized spacial score (nSPS) is 17.2. The van der Waals surface area contributed by atoms with Crippen molar-refractivity contribution < 1.29 is 4.79 Å². The van der Waals surface area contributed by atoms with E-state index in [0.717, 1.165) is 31.9 Å². The van der Waals surface area contributed by atoms with Crippen LogP contribution in [0, 0.1) is 0 Å². The molecule has 1 aromatic carbocycles. The summed E-state index contributed by atoms with van der Waals surface area (Å²) in [5.74, 6) is -0.444. The molecule has 0 unspecified atom stereocenters. The van der Waals surface area contributed by atoms with E-state index in [9.17, 15) is 4.79 Å². The van der Waals surface area contributed by atoms with Gasteiger partial charge in [0.15, 0.2) is 0 Å². The smallest absolute Gasteiger partial charge is 0.248 e. The highest BCUT2D eigenvalue weighted by Gasteiger charge is 2.26. The number of benzene rings is 1. The lowest BCUT2D eigenvalue weighted by atomic mass is 10.0. The first-order valence-electron chi connectivity index (χ1n) is 6.98. The third-order valence-corrected chi connectivity index (χ3v) is 3.88. The Kier molecular flexibility index (Phi) is 3.90. The molecule has 0 aromatic heterocycles. The fraction of sp³-hybridized carbons (Fsp3) is 0.533. The molecule has 1 aliphatic rings. The third kappa shape index (κ3) is 3.04. The average molecular weight is 276 g/mol. The summed E-state index contributed by atoms with van der Waals surface area (Å²) in [5, 5.41) is 0. The molecule has 1 saturated heterocycles. The van der Waals surface area contributed by atoms with Crippen molar-refractivity contribution in [1.29, 1.82) is 0 Å². The number of rotatable bonds is 2. The Balaban J connectivity index is 2.09. The molecular formula is C15H24N4O. The monoisotopic (exact) mass is 276 g/mol. The number of amides is 1. The number of carbonyl (C=O) groups excluding carboxylic acids is 1. The molecule has 0 spiro atoms. The van der Waals surface area contributed by atoms with Crippen LogP contribution in [0.15, 0.2) is 18.2 Å². The van der Waals surface area contributed by atoms with Gasteiger partial charge in [-0.15, -0.1) is 0 Å². The summed E-state index contributed by atoms with van der Waals surface area (Å²) in [4.78, 5) is 15.9. The Labute approximate surface area is 120 Å². The van der Waals surface area contributed by atoms with Crippen LogP contribution in [0.4, 0.5) is 11.4 Å². The largest absolute Gasteiger partial charge is 0.397 e. The number of hydrogen-bond donors (Lipinski definition) is 2. The number of hydrogen-bond acceptors (Lipinski definition) is 4. The van der Waals surface area contributed by atoms with Gasteiger partial charge in [-0.1, -0.05) is 0 Å². The summed E-state index contributed by atoms with van der Waals surface area (Å²) < 4.78 is 0. The Morgan fingerprint density at radius 3 is 2.20 bits per heavy atom. The summed E-state index contributed by atoms with van der Waals surface area (Å²) in [6.07, 6.45) is 0. The second-order valence-corrected chi connectivity index (χ2v) is 6.28. The van der Waals surface area contributed by atoms with Crippen LogP contribution in [-0.2, 0) is 0 Å². The van der Waals surface area contributed by atoms with E-state index in [0.29, 0.717) is 11.3 Å². The number of nitrogens with zero attached hydrogens (tertiary/aromatic N) is 2. The lowest BCUT2D eigenvalue weighted by Gasteiger charge is -2.43. The van der Waals surface area contributed by atoms with E-state index in [1.807, 2.05) is 6.07 Å². The van der Waals surface area contributed by atoms with Gasteiger partial charge in [-0.25, -0.2) is 0 Å². The van der Waals surface area contributed by atoms with Crippen LogP contribution >= 0.6 is 0 Å². The molecule has 0 aliphatic carbocycles. The second kappa shape index (κ2) is 5.32. The molecule has 1 aliphatic heterocycles. The average Bonchev–Trinajstić information content (AvgIpc) is 2.37. The Morgan fingerprint density at radius 2 is 1.75 bits per heavy atom. The summed E-state index contributed by atoms with van der Waals surface area (Å²) >= 11 is 0. The fourth-order valence-electron chi connectivity index (χ4n) is 2.61. The predicted molar refractivity (Wildman–Crippen MR) is 82.9 cm³/mol. The van der Waals surface area contributed by atoms with Gasteiger partial charge in [-0.2, -0.15) is 0 Å². The molecule has 0 bridgehead atoms. The SMILES string of the molecule is CC(C)(C)N1CCN(c2ccc(C(N)=O)cc2N)CC1. The van der Waals surface area contributed by atoms with Crippen LogP contribution in [0.2, 0.25) is 0 Å². The molecule has 5 heteroatoms. The van der Waals surface area contributed by atoms with Gasteiger partial charge >= 0.3 is 0 Å². The minimum absolute atomic E-state index is 0.202. The minimum atomic E-state index is -0.444. The number of nitrogens with two attached hydrogens (primary N) is 2. The molecule has 20 heavy (non-hydrogen) atoms. The molecule has 1 amide bonds. The van der Waals surface area contributed by atoms with Crippen LogP contribution in [0.1, 0.15) is 31.1 Å². The van der Waals surface area contributed by atoms with Gasteiger partial charge in [0.2, 0.25) is 5.91 Å². The highest BCUT2D eigenvalue weighted by molar-refractivity contribution is 5.94. The third-order valence-electron chi connectivity index (χ3n) is 3.88. The second-order valence-electron chi connectivity index (χ2n) is 6.28. The van der Waals surface area contributed by atoms with Crippen molar-refractivity contribution in [3.8, 4) is 0 Å². The first-order valence-corrected chi connectivity index (χ1v) is 6.98. The van der Waals surface area contributed by atoms with E-state index >= 15 is 0 Å². The van der Waals surface area contributed by atoms with Crippen molar-refractivity contribution in [2.24, 2.45) is 5.73 Å². The number of anilines is 2. The van der Waals surface area contributed by atoms with Crippen molar-refractivity contribution in [2.45, 2.75) is 26.3 Å². The molecule has 4 N–H and O–H groups in total. The maximum absolute atomic E-state index is 11.1. The van der Waals surface area contributed by atoms with E-state index in [1.54, 1.807) is 12.1 Å². The molecule has 5 nitrogen and oxygen atoms in total. The standard InChI is InChI=1S/C15H24N4O/c1-15(2,3)19-8-6-18(7-9-19)13-5-4-11(14(17)20)10-12(13)16/h4-5,10H,6-9,16H2,1-3H3,(H2,17,20). The molecule has 0 atom stereocenters. The highest BCUT2D eigenvalue weighted by Crippen LogP contribution is 2.26. The van der Waals surface area contributed by atoms with Crippen LogP contribution < -0.4 is 16.4 Å². The van der Waals surface area contributed by atoms with Crippen molar-refractivity contribution in [3.05, 3.63) is 23.8 Å². The van der Waals surface area contributed by atoms with Crippen LogP contribution in [0.25, 0.3) is 0 Å².